The molecule has 3 nitrogen and oxygen atoms in total. The van der Waals surface area contributed by atoms with Gasteiger partial charge in [0, 0.05) is 45.4 Å². The summed E-state index contributed by atoms with van der Waals surface area (Å²) in [4.78, 5) is 5.09. The van der Waals surface area contributed by atoms with E-state index >= 15 is 0 Å². The lowest BCUT2D eigenvalue weighted by molar-refractivity contribution is 0.0508. The van der Waals surface area contributed by atoms with Gasteiger partial charge in [-0.1, -0.05) is 12.1 Å². The molecule has 0 spiro atoms. The smallest absolute Gasteiger partial charge is 0.123 e. The van der Waals surface area contributed by atoms with Crippen molar-refractivity contribution in [2.24, 2.45) is 5.92 Å². The van der Waals surface area contributed by atoms with Crippen LogP contribution in [-0.2, 0) is 11.3 Å². The highest BCUT2D eigenvalue weighted by Crippen LogP contribution is 2.31. The van der Waals surface area contributed by atoms with Crippen molar-refractivity contribution in [3.63, 3.8) is 0 Å². The lowest BCUT2D eigenvalue weighted by Crippen LogP contribution is -2.49. The van der Waals surface area contributed by atoms with Crippen molar-refractivity contribution in [1.29, 1.82) is 0 Å². The van der Waals surface area contributed by atoms with E-state index in [1.54, 1.807) is 12.1 Å². The second-order valence-corrected chi connectivity index (χ2v) is 7.14. The normalized spacial score (nSPS) is 29.7. The number of nitrogens with zero attached hydrogens (tertiary/aromatic N) is 2. The summed E-state index contributed by atoms with van der Waals surface area (Å²) in [5, 5.41) is 0. The summed E-state index contributed by atoms with van der Waals surface area (Å²) in [6, 6.07) is 7.56. The van der Waals surface area contributed by atoms with Gasteiger partial charge in [-0.2, -0.15) is 0 Å². The molecule has 2 saturated heterocycles. The molecule has 0 unspecified atom stereocenters. The third-order valence-corrected chi connectivity index (χ3v) is 5.25. The molecule has 2 atom stereocenters. The second kappa shape index (κ2) is 6.26. The molecule has 3 fully saturated rings. The van der Waals surface area contributed by atoms with Crippen LogP contribution < -0.4 is 0 Å². The van der Waals surface area contributed by atoms with Crippen molar-refractivity contribution in [3.8, 4) is 0 Å². The molecule has 0 aromatic heterocycles. The van der Waals surface area contributed by atoms with Gasteiger partial charge in [-0.3, -0.25) is 9.80 Å². The molecule has 4 heteroatoms. The average Bonchev–Trinajstić information content (AvgIpc) is 3.26. The first-order valence-corrected chi connectivity index (χ1v) is 8.59. The van der Waals surface area contributed by atoms with Crippen molar-refractivity contribution >= 4 is 0 Å². The zero-order chi connectivity index (χ0) is 14.9. The number of hydrogen-bond acceptors (Lipinski definition) is 3. The monoisotopic (exact) mass is 304 g/mol. The summed E-state index contributed by atoms with van der Waals surface area (Å²) in [6.07, 6.45) is 4.35. The first-order chi connectivity index (χ1) is 10.8. The van der Waals surface area contributed by atoms with Crippen LogP contribution in [0.2, 0.25) is 0 Å². The Labute approximate surface area is 132 Å². The maximum absolute atomic E-state index is 13.0. The second-order valence-electron chi connectivity index (χ2n) is 7.14. The molecule has 22 heavy (non-hydrogen) atoms. The summed E-state index contributed by atoms with van der Waals surface area (Å²) in [6.45, 7) is 6.36. The summed E-state index contributed by atoms with van der Waals surface area (Å²) in [5.74, 6) is 0.701. The van der Waals surface area contributed by atoms with Crippen LogP contribution in [0.25, 0.3) is 0 Å². The minimum absolute atomic E-state index is 0.153. The largest absolute Gasteiger partial charge is 0.377 e. The predicted molar refractivity (Wildman–Crippen MR) is 84.1 cm³/mol. The standard InChI is InChI=1S/C18H25FN2O/c19-16-5-3-14(4-6-16)10-20-7-8-21-12-18(9-17(21)11-20)22-13-15-1-2-15/h3-6,15,17-18H,1-2,7-13H2/t17-,18+/m1/s1. The van der Waals surface area contributed by atoms with Crippen molar-refractivity contribution in [2.75, 3.05) is 32.8 Å². The molecule has 0 bridgehead atoms. The number of piperazine rings is 1. The highest BCUT2D eigenvalue weighted by molar-refractivity contribution is 5.16. The SMILES string of the molecule is Fc1ccc(CN2CCN3C[C@@H](OCC4CC4)C[C@@H]3C2)cc1. The van der Waals surface area contributed by atoms with Gasteiger partial charge in [-0.25, -0.2) is 4.39 Å². The van der Waals surface area contributed by atoms with E-state index < -0.39 is 0 Å². The first kappa shape index (κ1) is 14.6. The maximum atomic E-state index is 13.0. The lowest BCUT2D eigenvalue weighted by atomic mass is 10.1. The first-order valence-electron chi connectivity index (χ1n) is 8.59. The van der Waals surface area contributed by atoms with Gasteiger partial charge in [-0.15, -0.1) is 0 Å². The maximum Gasteiger partial charge on any atom is 0.123 e. The van der Waals surface area contributed by atoms with Gasteiger partial charge in [0.2, 0.25) is 0 Å². The van der Waals surface area contributed by atoms with Gasteiger partial charge in [-0.05, 0) is 42.9 Å². The molecule has 4 rings (SSSR count). The molecule has 0 radical (unpaired) electrons. The number of fused-ring (bicyclic) bond motifs is 1. The zero-order valence-corrected chi connectivity index (χ0v) is 13.1. The molecular weight excluding hydrogens is 279 g/mol. The Bertz CT molecular complexity index is 502. The molecule has 0 amide bonds. The average molecular weight is 304 g/mol. The van der Waals surface area contributed by atoms with E-state index in [1.165, 1.54) is 24.8 Å². The van der Waals surface area contributed by atoms with Crippen LogP contribution in [0.15, 0.2) is 24.3 Å². The molecule has 1 aliphatic carbocycles. The summed E-state index contributed by atoms with van der Waals surface area (Å²) >= 11 is 0. The molecule has 2 heterocycles. The molecule has 3 aliphatic rings. The topological polar surface area (TPSA) is 15.7 Å². The summed E-state index contributed by atoms with van der Waals surface area (Å²) in [7, 11) is 0. The fourth-order valence-electron chi connectivity index (χ4n) is 3.73. The Hall–Kier alpha value is -0.970. The Morgan fingerprint density at radius 1 is 1.09 bits per heavy atom. The third-order valence-electron chi connectivity index (χ3n) is 5.25. The van der Waals surface area contributed by atoms with Crippen LogP contribution in [0.5, 0.6) is 0 Å². The molecule has 1 saturated carbocycles. The van der Waals surface area contributed by atoms with Crippen LogP contribution in [0, 0.1) is 11.7 Å². The van der Waals surface area contributed by atoms with Crippen LogP contribution in [-0.4, -0.2) is 54.7 Å². The van der Waals surface area contributed by atoms with E-state index in [0.29, 0.717) is 12.1 Å². The molecule has 1 aromatic rings. The fraction of sp³-hybridized carbons (Fsp3) is 0.667. The van der Waals surface area contributed by atoms with Gasteiger partial charge in [0.25, 0.3) is 0 Å². The zero-order valence-electron chi connectivity index (χ0n) is 13.1. The van der Waals surface area contributed by atoms with Crippen molar-refractivity contribution < 1.29 is 9.13 Å². The molecule has 1 aromatic carbocycles. The van der Waals surface area contributed by atoms with Gasteiger partial charge >= 0.3 is 0 Å². The van der Waals surface area contributed by atoms with E-state index in [0.717, 1.165) is 45.2 Å². The number of rotatable bonds is 5. The van der Waals surface area contributed by atoms with Crippen molar-refractivity contribution in [1.82, 2.24) is 9.80 Å². The number of hydrogen-bond donors (Lipinski definition) is 0. The number of benzene rings is 1. The van der Waals surface area contributed by atoms with E-state index in [-0.39, 0.29) is 5.82 Å². The van der Waals surface area contributed by atoms with Gasteiger partial charge in [0.1, 0.15) is 5.82 Å². The van der Waals surface area contributed by atoms with E-state index in [9.17, 15) is 4.39 Å². The Balaban J connectivity index is 1.28. The van der Waals surface area contributed by atoms with Crippen LogP contribution in [0.3, 0.4) is 0 Å². The minimum Gasteiger partial charge on any atom is -0.377 e. The third kappa shape index (κ3) is 3.50. The van der Waals surface area contributed by atoms with Crippen molar-refractivity contribution in [3.05, 3.63) is 35.6 Å². The van der Waals surface area contributed by atoms with Crippen molar-refractivity contribution in [2.45, 2.75) is 38.0 Å². The van der Waals surface area contributed by atoms with Gasteiger partial charge < -0.3 is 4.74 Å². The molecular formula is C18H25FN2O. The predicted octanol–water partition coefficient (Wildman–Crippen LogP) is 2.51. The molecule has 2 aliphatic heterocycles. The van der Waals surface area contributed by atoms with Gasteiger partial charge in [0.05, 0.1) is 6.10 Å². The fourth-order valence-corrected chi connectivity index (χ4v) is 3.73. The van der Waals surface area contributed by atoms with Gasteiger partial charge in [0.15, 0.2) is 0 Å². The molecule has 120 valence electrons. The highest BCUT2D eigenvalue weighted by atomic mass is 19.1. The molecule has 0 N–H and O–H groups in total. The van der Waals surface area contributed by atoms with E-state index in [1.807, 2.05) is 12.1 Å². The Morgan fingerprint density at radius 3 is 2.68 bits per heavy atom. The quantitative estimate of drug-likeness (QED) is 0.831. The Kier molecular flexibility index (Phi) is 4.16. The lowest BCUT2D eigenvalue weighted by Gasteiger charge is -2.37. The highest BCUT2D eigenvalue weighted by Gasteiger charge is 2.37. The Morgan fingerprint density at radius 2 is 1.91 bits per heavy atom. The summed E-state index contributed by atoms with van der Waals surface area (Å²) in [5.41, 5.74) is 1.20. The number of ether oxygens (including phenoxy) is 1. The van der Waals surface area contributed by atoms with Crippen LogP contribution in [0.4, 0.5) is 4.39 Å². The van der Waals surface area contributed by atoms with Crippen LogP contribution >= 0.6 is 0 Å². The van der Waals surface area contributed by atoms with E-state index in [4.69, 9.17) is 4.74 Å². The number of halogens is 1. The van der Waals surface area contributed by atoms with E-state index in [2.05, 4.69) is 9.80 Å². The summed E-state index contributed by atoms with van der Waals surface area (Å²) < 4.78 is 19.1. The minimum atomic E-state index is -0.153. The van der Waals surface area contributed by atoms with Crippen LogP contribution in [0.1, 0.15) is 24.8 Å².